The molecule has 3 heteroatoms. The third kappa shape index (κ3) is 4.89. The molecule has 1 saturated carbocycles. The van der Waals surface area contributed by atoms with Crippen molar-refractivity contribution < 1.29 is 9.53 Å². The summed E-state index contributed by atoms with van der Waals surface area (Å²) in [5.74, 6) is 0.847. The molecule has 0 saturated heterocycles. The Bertz CT molecular complexity index is 346. The smallest absolute Gasteiger partial charge is 0.407 e. The van der Waals surface area contributed by atoms with Gasteiger partial charge in [-0.2, -0.15) is 0 Å². The largest absolute Gasteiger partial charge is 0.449 e. The summed E-state index contributed by atoms with van der Waals surface area (Å²) < 4.78 is 5.10. The lowest BCUT2D eigenvalue weighted by Crippen LogP contribution is -2.26. The number of rotatable bonds is 6. The summed E-state index contributed by atoms with van der Waals surface area (Å²) in [6.45, 7) is 1.19. The van der Waals surface area contributed by atoms with E-state index in [9.17, 15) is 4.79 Å². The number of nitrogens with one attached hydrogen (secondary N) is 1. The summed E-state index contributed by atoms with van der Waals surface area (Å²) >= 11 is 0. The van der Waals surface area contributed by atoms with Gasteiger partial charge < -0.3 is 10.1 Å². The number of benzene rings is 1. The summed E-state index contributed by atoms with van der Waals surface area (Å²) in [6, 6.07) is 10.0. The Labute approximate surface area is 102 Å². The molecule has 1 N–H and O–H groups in total. The maximum atomic E-state index is 11.3. The number of alkyl carbamates (subject to hydrolysis) is 1. The van der Waals surface area contributed by atoms with Gasteiger partial charge in [0.1, 0.15) is 0 Å². The SMILES string of the molecule is O=C(NCCC1CC1)OCCc1ccccc1. The molecule has 0 radical (unpaired) electrons. The molecule has 1 aromatic rings. The van der Waals surface area contributed by atoms with Gasteiger partial charge in [-0.05, 0) is 17.9 Å². The number of carbonyl (C=O) groups is 1. The van der Waals surface area contributed by atoms with E-state index in [0.717, 1.165) is 25.3 Å². The first-order chi connectivity index (χ1) is 8.34. The number of carbonyl (C=O) groups excluding carboxylic acids is 1. The minimum absolute atomic E-state index is 0.290. The van der Waals surface area contributed by atoms with E-state index in [4.69, 9.17) is 4.74 Å². The minimum Gasteiger partial charge on any atom is -0.449 e. The number of hydrogen-bond donors (Lipinski definition) is 1. The molecule has 0 unspecified atom stereocenters. The highest BCUT2D eigenvalue weighted by Crippen LogP contribution is 2.31. The van der Waals surface area contributed by atoms with Crippen molar-refractivity contribution in [3.63, 3.8) is 0 Å². The standard InChI is InChI=1S/C14H19NO2/c16-14(15-10-8-13-6-7-13)17-11-9-12-4-2-1-3-5-12/h1-5,13H,6-11H2,(H,15,16). The fraction of sp³-hybridized carbons (Fsp3) is 0.500. The molecule has 3 nitrogen and oxygen atoms in total. The van der Waals surface area contributed by atoms with Gasteiger partial charge in [-0.25, -0.2) is 4.79 Å². The second-order valence-electron chi connectivity index (χ2n) is 4.53. The Hall–Kier alpha value is -1.51. The van der Waals surface area contributed by atoms with E-state index in [0.29, 0.717) is 6.61 Å². The predicted molar refractivity (Wildman–Crippen MR) is 66.8 cm³/mol. The Balaban J connectivity index is 1.53. The predicted octanol–water partition coefficient (Wildman–Crippen LogP) is 2.76. The van der Waals surface area contributed by atoms with E-state index in [1.165, 1.54) is 18.4 Å². The number of amides is 1. The lowest BCUT2D eigenvalue weighted by molar-refractivity contribution is 0.147. The molecule has 0 atom stereocenters. The van der Waals surface area contributed by atoms with Gasteiger partial charge in [0.15, 0.2) is 0 Å². The second-order valence-corrected chi connectivity index (χ2v) is 4.53. The van der Waals surface area contributed by atoms with Crippen LogP contribution in [0.3, 0.4) is 0 Å². The lowest BCUT2D eigenvalue weighted by atomic mass is 10.2. The minimum atomic E-state index is -0.290. The third-order valence-corrected chi connectivity index (χ3v) is 2.99. The van der Waals surface area contributed by atoms with Crippen molar-refractivity contribution in [1.82, 2.24) is 5.32 Å². The molecule has 92 valence electrons. The van der Waals surface area contributed by atoms with E-state index in [1.54, 1.807) is 0 Å². The van der Waals surface area contributed by atoms with Crippen molar-refractivity contribution in [3.05, 3.63) is 35.9 Å². The summed E-state index contributed by atoms with van der Waals surface area (Å²) in [4.78, 5) is 11.3. The van der Waals surface area contributed by atoms with Crippen molar-refractivity contribution in [1.29, 1.82) is 0 Å². The molecular formula is C14H19NO2. The van der Waals surface area contributed by atoms with E-state index in [-0.39, 0.29) is 6.09 Å². The summed E-state index contributed by atoms with van der Waals surface area (Å²) in [6.07, 6.45) is 4.22. The van der Waals surface area contributed by atoms with Crippen molar-refractivity contribution >= 4 is 6.09 Å². The van der Waals surface area contributed by atoms with Gasteiger partial charge in [0, 0.05) is 13.0 Å². The van der Waals surface area contributed by atoms with Gasteiger partial charge in [0.25, 0.3) is 0 Å². The van der Waals surface area contributed by atoms with Crippen LogP contribution in [0.5, 0.6) is 0 Å². The van der Waals surface area contributed by atoms with E-state index < -0.39 is 0 Å². The maximum absolute atomic E-state index is 11.3. The van der Waals surface area contributed by atoms with Crippen LogP contribution in [0.4, 0.5) is 4.79 Å². The quantitative estimate of drug-likeness (QED) is 0.820. The van der Waals surface area contributed by atoms with Crippen molar-refractivity contribution in [3.8, 4) is 0 Å². The zero-order chi connectivity index (χ0) is 11.9. The molecule has 1 aromatic carbocycles. The monoisotopic (exact) mass is 233 g/mol. The maximum Gasteiger partial charge on any atom is 0.407 e. The second kappa shape index (κ2) is 6.28. The topological polar surface area (TPSA) is 38.3 Å². The fourth-order valence-corrected chi connectivity index (χ4v) is 1.74. The first-order valence-corrected chi connectivity index (χ1v) is 6.29. The number of hydrogen-bond acceptors (Lipinski definition) is 2. The van der Waals surface area contributed by atoms with Crippen LogP contribution >= 0.6 is 0 Å². The van der Waals surface area contributed by atoms with Crippen molar-refractivity contribution in [2.45, 2.75) is 25.7 Å². The van der Waals surface area contributed by atoms with Crippen LogP contribution in [0.1, 0.15) is 24.8 Å². The average Bonchev–Trinajstić information content (AvgIpc) is 3.14. The van der Waals surface area contributed by atoms with Gasteiger partial charge in [-0.3, -0.25) is 0 Å². The zero-order valence-electron chi connectivity index (χ0n) is 10.0. The highest BCUT2D eigenvalue weighted by atomic mass is 16.5. The Morgan fingerprint density at radius 3 is 2.76 bits per heavy atom. The van der Waals surface area contributed by atoms with E-state index in [1.807, 2.05) is 30.3 Å². The summed E-state index contributed by atoms with van der Waals surface area (Å²) in [7, 11) is 0. The summed E-state index contributed by atoms with van der Waals surface area (Å²) in [5.41, 5.74) is 1.19. The Morgan fingerprint density at radius 1 is 1.29 bits per heavy atom. The molecule has 0 heterocycles. The molecule has 2 rings (SSSR count). The lowest BCUT2D eigenvalue weighted by Gasteiger charge is -2.06. The molecule has 0 spiro atoms. The van der Waals surface area contributed by atoms with Gasteiger partial charge in [0.2, 0.25) is 0 Å². The molecule has 1 aliphatic rings. The molecule has 0 bridgehead atoms. The van der Waals surface area contributed by atoms with Gasteiger partial charge >= 0.3 is 6.09 Å². The van der Waals surface area contributed by atoms with Crippen LogP contribution < -0.4 is 5.32 Å². The van der Waals surface area contributed by atoms with Crippen LogP contribution in [0, 0.1) is 5.92 Å². The van der Waals surface area contributed by atoms with E-state index in [2.05, 4.69) is 5.32 Å². The van der Waals surface area contributed by atoms with Crippen LogP contribution in [0.25, 0.3) is 0 Å². The molecule has 0 aliphatic heterocycles. The van der Waals surface area contributed by atoms with Crippen LogP contribution in [0.15, 0.2) is 30.3 Å². The normalized spacial score (nSPS) is 14.4. The Kier molecular flexibility index (Phi) is 4.42. The van der Waals surface area contributed by atoms with Crippen LogP contribution in [-0.2, 0) is 11.2 Å². The molecule has 1 fully saturated rings. The highest BCUT2D eigenvalue weighted by Gasteiger charge is 2.20. The van der Waals surface area contributed by atoms with Crippen LogP contribution in [-0.4, -0.2) is 19.2 Å². The van der Waals surface area contributed by atoms with Crippen molar-refractivity contribution in [2.24, 2.45) is 5.92 Å². The van der Waals surface area contributed by atoms with Gasteiger partial charge in [-0.1, -0.05) is 43.2 Å². The van der Waals surface area contributed by atoms with E-state index >= 15 is 0 Å². The molecule has 0 aromatic heterocycles. The molecule has 17 heavy (non-hydrogen) atoms. The third-order valence-electron chi connectivity index (χ3n) is 2.99. The molecular weight excluding hydrogens is 214 g/mol. The van der Waals surface area contributed by atoms with Gasteiger partial charge in [0.05, 0.1) is 6.61 Å². The molecule has 1 amide bonds. The zero-order valence-corrected chi connectivity index (χ0v) is 10.0. The highest BCUT2D eigenvalue weighted by molar-refractivity contribution is 5.67. The van der Waals surface area contributed by atoms with Gasteiger partial charge in [-0.15, -0.1) is 0 Å². The first kappa shape index (κ1) is 12.0. The fourth-order valence-electron chi connectivity index (χ4n) is 1.74. The van der Waals surface area contributed by atoms with Crippen LogP contribution in [0.2, 0.25) is 0 Å². The van der Waals surface area contributed by atoms with Crippen molar-refractivity contribution in [2.75, 3.05) is 13.2 Å². The summed E-state index contributed by atoms with van der Waals surface area (Å²) in [5, 5.41) is 2.78. The first-order valence-electron chi connectivity index (χ1n) is 6.29. The number of ether oxygens (including phenoxy) is 1. The Morgan fingerprint density at radius 2 is 2.06 bits per heavy atom. The average molecular weight is 233 g/mol. The molecule has 1 aliphatic carbocycles.